The molecule has 1 saturated heterocycles. The highest BCUT2D eigenvalue weighted by Gasteiger charge is 2.55. The molecule has 2 N–H and O–H groups in total. The van der Waals surface area contributed by atoms with Crippen LogP contribution in [-0.2, 0) is 17.1 Å². The number of alkyl halides is 6. The number of nitrogens with zero attached hydrogens (tertiary/aromatic N) is 1. The first-order valence-electron chi connectivity index (χ1n) is 10.6. The van der Waals surface area contributed by atoms with E-state index < -0.39 is 35.0 Å². The third kappa shape index (κ3) is 6.39. The van der Waals surface area contributed by atoms with Crippen LogP contribution in [0.1, 0.15) is 61.5 Å². The minimum absolute atomic E-state index is 0.000921. The zero-order valence-electron chi connectivity index (χ0n) is 18.6. The summed E-state index contributed by atoms with van der Waals surface area (Å²) < 4.78 is 78.3. The van der Waals surface area contributed by atoms with Crippen LogP contribution in [0.25, 0.3) is 0 Å². The Labute approximate surface area is 187 Å². The Hall–Kier alpha value is -2.30. The minimum atomic E-state index is -5.01. The quantitative estimate of drug-likeness (QED) is 0.636. The lowest BCUT2D eigenvalue weighted by molar-refractivity contribution is -0.143. The molecule has 1 aromatic carbocycles. The van der Waals surface area contributed by atoms with Crippen molar-refractivity contribution in [1.82, 2.24) is 15.5 Å². The predicted octanol–water partition coefficient (Wildman–Crippen LogP) is 4.22. The van der Waals surface area contributed by atoms with E-state index in [1.807, 2.05) is 25.7 Å². The zero-order chi connectivity index (χ0) is 24.8. The normalized spacial score (nSPS) is 21.1. The van der Waals surface area contributed by atoms with E-state index >= 15 is 0 Å². The van der Waals surface area contributed by atoms with Gasteiger partial charge >= 0.3 is 12.4 Å². The van der Waals surface area contributed by atoms with E-state index in [2.05, 4.69) is 10.6 Å². The van der Waals surface area contributed by atoms with Crippen LogP contribution in [0.3, 0.4) is 0 Å². The molecule has 1 atom stereocenters. The fourth-order valence-corrected chi connectivity index (χ4v) is 4.25. The van der Waals surface area contributed by atoms with Gasteiger partial charge in [-0.2, -0.15) is 26.3 Å². The molecule has 184 valence electrons. The van der Waals surface area contributed by atoms with E-state index in [0.717, 1.165) is 0 Å². The second kappa shape index (κ2) is 8.48. The number of likely N-dealkylation sites (tertiary alicyclic amines) is 1. The van der Waals surface area contributed by atoms with Crippen molar-refractivity contribution >= 4 is 11.8 Å². The van der Waals surface area contributed by atoms with E-state index in [0.29, 0.717) is 44.5 Å². The van der Waals surface area contributed by atoms with Crippen molar-refractivity contribution in [3.8, 4) is 0 Å². The third-order valence-corrected chi connectivity index (χ3v) is 6.08. The number of carbonyl (C=O) groups excluding carboxylic acids is 2. The molecular formula is C22H27F6N3O2. The van der Waals surface area contributed by atoms with Crippen LogP contribution >= 0.6 is 0 Å². The van der Waals surface area contributed by atoms with Gasteiger partial charge in [-0.25, -0.2) is 0 Å². The molecule has 1 aliphatic heterocycles. The number of hydrogen-bond acceptors (Lipinski definition) is 3. The summed E-state index contributed by atoms with van der Waals surface area (Å²) in [5, 5.41) is 5.49. The molecule has 33 heavy (non-hydrogen) atoms. The summed E-state index contributed by atoms with van der Waals surface area (Å²) in [4.78, 5) is 26.6. The van der Waals surface area contributed by atoms with Crippen LogP contribution in [0.4, 0.5) is 26.3 Å². The van der Waals surface area contributed by atoms with Gasteiger partial charge in [-0.3, -0.25) is 14.5 Å². The van der Waals surface area contributed by atoms with E-state index in [1.54, 1.807) is 0 Å². The molecule has 1 saturated carbocycles. The van der Waals surface area contributed by atoms with Crippen LogP contribution in [-0.4, -0.2) is 47.9 Å². The number of carbonyl (C=O) groups is 2. The fourth-order valence-electron chi connectivity index (χ4n) is 4.25. The summed E-state index contributed by atoms with van der Waals surface area (Å²) in [5.74, 6) is -1.05. The lowest BCUT2D eigenvalue weighted by Crippen LogP contribution is -2.48. The maximum absolute atomic E-state index is 13.0. The lowest BCUT2D eigenvalue weighted by Gasteiger charge is -2.33. The van der Waals surface area contributed by atoms with Gasteiger partial charge in [0.15, 0.2) is 0 Å². The maximum Gasteiger partial charge on any atom is 0.416 e. The number of hydrogen-bond donors (Lipinski definition) is 2. The van der Waals surface area contributed by atoms with Crippen LogP contribution < -0.4 is 10.6 Å². The number of nitrogens with one attached hydrogen (secondary N) is 2. The first-order valence-corrected chi connectivity index (χ1v) is 10.6. The Balaban J connectivity index is 1.61. The number of halogens is 6. The van der Waals surface area contributed by atoms with Crippen molar-refractivity contribution in [3.05, 3.63) is 34.9 Å². The van der Waals surface area contributed by atoms with Crippen LogP contribution in [0.2, 0.25) is 0 Å². The zero-order valence-corrected chi connectivity index (χ0v) is 18.6. The monoisotopic (exact) mass is 479 g/mol. The molecule has 1 aliphatic carbocycles. The summed E-state index contributed by atoms with van der Waals surface area (Å²) >= 11 is 0. The molecule has 2 amide bonds. The van der Waals surface area contributed by atoms with E-state index in [4.69, 9.17) is 0 Å². The highest BCUT2D eigenvalue weighted by molar-refractivity contribution is 5.95. The van der Waals surface area contributed by atoms with Crippen molar-refractivity contribution in [2.45, 2.75) is 64.0 Å². The number of benzene rings is 1. The smallest absolute Gasteiger partial charge is 0.350 e. The van der Waals surface area contributed by atoms with Crippen molar-refractivity contribution in [2.24, 2.45) is 5.41 Å². The molecule has 2 aliphatic rings. The van der Waals surface area contributed by atoms with Crippen molar-refractivity contribution < 1.29 is 35.9 Å². The van der Waals surface area contributed by atoms with Gasteiger partial charge in [-0.05, 0) is 76.7 Å². The first-order chi connectivity index (χ1) is 15.0. The van der Waals surface area contributed by atoms with E-state index in [1.165, 1.54) is 0 Å². The first kappa shape index (κ1) is 25.3. The van der Waals surface area contributed by atoms with Gasteiger partial charge in [0, 0.05) is 17.1 Å². The molecule has 1 heterocycles. The molecule has 0 radical (unpaired) electrons. The van der Waals surface area contributed by atoms with Gasteiger partial charge in [0.2, 0.25) is 5.91 Å². The topological polar surface area (TPSA) is 61.4 Å². The molecule has 1 unspecified atom stereocenters. The van der Waals surface area contributed by atoms with Crippen molar-refractivity contribution in [1.29, 1.82) is 0 Å². The molecule has 0 aromatic heterocycles. The summed E-state index contributed by atoms with van der Waals surface area (Å²) in [6, 6.07) is 0.562. The Morgan fingerprint density at radius 3 is 1.94 bits per heavy atom. The Kier molecular flexibility index (Phi) is 6.51. The van der Waals surface area contributed by atoms with Crippen molar-refractivity contribution in [3.63, 3.8) is 0 Å². The van der Waals surface area contributed by atoms with Gasteiger partial charge in [-0.15, -0.1) is 0 Å². The fraction of sp³-hybridized carbons (Fsp3) is 0.636. The SMILES string of the molecule is CC(C)(C)NC(=O)CN1CCC2(CC1)CC2NC(=O)c1cc(C(F)(F)F)cc(C(F)(F)F)c1. The Bertz CT molecular complexity index is 880. The molecule has 11 heteroatoms. The van der Waals surface area contributed by atoms with Gasteiger partial charge in [0.05, 0.1) is 17.7 Å². The highest BCUT2D eigenvalue weighted by Crippen LogP contribution is 2.54. The molecule has 2 fully saturated rings. The molecule has 5 nitrogen and oxygen atoms in total. The molecule has 0 bridgehead atoms. The number of rotatable bonds is 4. The second-order valence-electron chi connectivity index (χ2n) is 9.96. The third-order valence-electron chi connectivity index (χ3n) is 6.08. The molecule has 1 aromatic rings. The Morgan fingerprint density at radius 2 is 1.48 bits per heavy atom. The lowest BCUT2D eigenvalue weighted by atomic mass is 9.92. The molecular weight excluding hydrogens is 452 g/mol. The van der Waals surface area contributed by atoms with E-state index in [-0.39, 0.29) is 35.5 Å². The second-order valence-corrected chi connectivity index (χ2v) is 9.96. The molecule has 3 rings (SSSR count). The molecule has 1 spiro atoms. The summed E-state index contributed by atoms with van der Waals surface area (Å²) in [6.45, 7) is 7.13. The van der Waals surface area contributed by atoms with Gasteiger partial charge < -0.3 is 10.6 Å². The standard InChI is InChI=1S/C22H27F6N3O2/c1-19(2,3)30-17(32)12-31-6-4-20(5-7-31)11-16(20)29-18(33)13-8-14(21(23,24)25)10-15(9-13)22(26,27)28/h8-10,16H,4-7,11-12H2,1-3H3,(H,29,33)(H,30,32). The van der Waals surface area contributed by atoms with Gasteiger partial charge in [-0.1, -0.05) is 0 Å². The largest absolute Gasteiger partial charge is 0.416 e. The summed E-state index contributed by atoms with van der Waals surface area (Å²) in [7, 11) is 0. The van der Waals surface area contributed by atoms with Crippen molar-refractivity contribution in [2.75, 3.05) is 19.6 Å². The summed E-state index contributed by atoms with van der Waals surface area (Å²) in [5.41, 5.74) is -4.28. The average molecular weight is 479 g/mol. The van der Waals surface area contributed by atoms with Gasteiger partial charge in [0.25, 0.3) is 5.91 Å². The van der Waals surface area contributed by atoms with Crippen LogP contribution in [0.15, 0.2) is 18.2 Å². The van der Waals surface area contributed by atoms with Gasteiger partial charge in [0.1, 0.15) is 0 Å². The van der Waals surface area contributed by atoms with Crippen LogP contribution in [0.5, 0.6) is 0 Å². The van der Waals surface area contributed by atoms with Crippen LogP contribution in [0, 0.1) is 5.41 Å². The Morgan fingerprint density at radius 1 is 0.970 bits per heavy atom. The maximum atomic E-state index is 13.0. The number of amides is 2. The predicted molar refractivity (Wildman–Crippen MR) is 108 cm³/mol. The highest BCUT2D eigenvalue weighted by atomic mass is 19.4. The average Bonchev–Trinajstić information content (AvgIpc) is 3.31. The summed E-state index contributed by atoms with van der Waals surface area (Å²) in [6.07, 6.45) is -8.06. The number of piperidine rings is 1. The minimum Gasteiger partial charge on any atom is -0.350 e. The van der Waals surface area contributed by atoms with E-state index in [9.17, 15) is 35.9 Å².